The number of hydrogen-bond donors (Lipinski definition) is 2. The topological polar surface area (TPSA) is 45.7 Å². The van der Waals surface area contributed by atoms with Gasteiger partial charge in [-0.05, 0) is 29.9 Å². The molecule has 0 saturated heterocycles. The molecule has 0 fully saturated rings. The Bertz CT molecular complexity index is 656. The average Bonchev–Trinajstić information content (AvgIpc) is 3.13. The molecule has 0 radical (unpaired) electrons. The predicted molar refractivity (Wildman–Crippen MR) is 99.9 cm³/mol. The second-order valence-electron chi connectivity index (χ2n) is 5.76. The molecule has 0 spiro atoms. The van der Waals surface area contributed by atoms with E-state index in [4.69, 9.17) is 6.42 Å². The van der Waals surface area contributed by atoms with Crippen LogP contribution in [0.15, 0.2) is 41.8 Å². The first-order chi connectivity index (χ1) is 11.7. The number of unbranched alkanes of at least 4 members (excludes halogenated alkanes) is 1. The van der Waals surface area contributed by atoms with E-state index in [9.17, 15) is 4.79 Å². The zero-order valence-electron chi connectivity index (χ0n) is 14.1. The minimum absolute atomic E-state index is 0.0333. The van der Waals surface area contributed by atoms with Crippen molar-refractivity contribution in [2.75, 3.05) is 13.1 Å². The lowest BCUT2D eigenvalue weighted by molar-refractivity contribution is -0.676. The second-order valence-corrected chi connectivity index (χ2v) is 6.74. The van der Waals surface area contributed by atoms with Gasteiger partial charge in [-0.2, -0.15) is 0 Å². The van der Waals surface area contributed by atoms with Crippen molar-refractivity contribution in [2.45, 2.75) is 32.2 Å². The summed E-state index contributed by atoms with van der Waals surface area (Å²) in [6.45, 7) is 2.85. The van der Waals surface area contributed by atoms with Crippen molar-refractivity contribution in [3.8, 4) is 12.3 Å². The van der Waals surface area contributed by atoms with Gasteiger partial charge in [0, 0.05) is 5.56 Å². The maximum Gasteiger partial charge on any atom is 0.275 e. The molecule has 2 aromatic rings. The Morgan fingerprint density at radius 2 is 2.12 bits per heavy atom. The van der Waals surface area contributed by atoms with Crippen molar-refractivity contribution < 1.29 is 10.1 Å². The number of carbonyl (C=O) groups excluding carboxylic acids is 1. The lowest BCUT2D eigenvalue weighted by atomic mass is 10.0. The van der Waals surface area contributed by atoms with Gasteiger partial charge in [-0.15, -0.1) is 17.8 Å². The Morgan fingerprint density at radius 3 is 2.75 bits per heavy atom. The van der Waals surface area contributed by atoms with Crippen LogP contribution in [0.2, 0.25) is 0 Å². The number of aryl methyl sites for hydroxylation is 1. The molecule has 0 bridgehead atoms. The van der Waals surface area contributed by atoms with E-state index in [1.54, 1.807) is 11.3 Å². The Balaban J connectivity index is 2.06. The SMILES string of the molecule is C#CCNC(=O)C[NH2+][C@@H](c1ccc(CCCC)cc1)c1cccs1. The summed E-state index contributed by atoms with van der Waals surface area (Å²) in [6.07, 6.45) is 8.73. The standard InChI is InChI=1S/C20H24N2OS/c1-3-5-7-16-9-11-17(12-10-16)20(18-8-6-14-24-18)22-15-19(23)21-13-4-2/h2,6,8-12,14,20,22H,3,5,7,13,15H2,1H3,(H,21,23)/p+1/t20-/m0/s1. The maximum absolute atomic E-state index is 11.8. The van der Waals surface area contributed by atoms with Gasteiger partial charge in [-0.1, -0.05) is 49.6 Å². The third-order valence-electron chi connectivity index (χ3n) is 3.93. The molecule has 2 rings (SSSR count). The first-order valence-electron chi connectivity index (χ1n) is 8.40. The molecule has 126 valence electrons. The highest BCUT2D eigenvalue weighted by molar-refractivity contribution is 7.10. The number of nitrogens with one attached hydrogen (secondary N) is 1. The van der Waals surface area contributed by atoms with Crippen LogP contribution in [0.25, 0.3) is 0 Å². The molecule has 3 N–H and O–H groups in total. The summed E-state index contributed by atoms with van der Waals surface area (Å²) in [5.41, 5.74) is 2.60. The molecule has 0 aliphatic rings. The number of terminal acetylenes is 1. The second kappa shape index (κ2) is 9.92. The Labute approximate surface area is 148 Å². The number of hydrogen-bond acceptors (Lipinski definition) is 2. The monoisotopic (exact) mass is 341 g/mol. The molecule has 0 unspecified atom stereocenters. The number of rotatable bonds is 9. The fourth-order valence-electron chi connectivity index (χ4n) is 2.60. The molecule has 0 aliphatic heterocycles. The van der Waals surface area contributed by atoms with Gasteiger partial charge < -0.3 is 10.6 Å². The number of carbonyl (C=O) groups is 1. The van der Waals surface area contributed by atoms with Crippen LogP contribution in [0.3, 0.4) is 0 Å². The summed E-state index contributed by atoms with van der Waals surface area (Å²) in [5.74, 6) is 2.39. The van der Waals surface area contributed by atoms with E-state index >= 15 is 0 Å². The summed E-state index contributed by atoms with van der Waals surface area (Å²) < 4.78 is 0. The first kappa shape index (κ1) is 18.3. The molecule has 1 aromatic heterocycles. The minimum atomic E-state index is -0.0333. The molecule has 0 aliphatic carbocycles. The lowest BCUT2D eigenvalue weighted by Gasteiger charge is -2.15. The van der Waals surface area contributed by atoms with Gasteiger partial charge in [0.1, 0.15) is 6.04 Å². The number of quaternary nitrogens is 1. The van der Waals surface area contributed by atoms with Gasteiger partial charge in [0.25, 0.3) is 5.91 Å². The molecule has 1 heterocycles. The van der Waals surface area contributed by atoms with Gasteiger partial charge in [-0.3, -0.25) is 4.79 Å². The van der Waals surface area contributed by atoms with Crippen molar-refractivity contribution in [2.24, 2.45) is 0 Å². The molecule has 4 heteroatoms. The van der Waals surface area contributed by atoms with Crippen molar-refractivity contribution in [1.82, 2.24) is 5.32 Å². The number of amides is 1. The summed E-state index contributed by atoms with van der Waals surface area (Å²) in [5, 5.41) is 6.86. The van der Waals surface area contributed by atoms with Crippen molar-refractivity contribution in [3.05, 3.63) is 57.8 Å². The zero-order valence-corrected chi connectivity index (χ0v) is 14.9. The Hall–Kier alpha value is -2.09. The highest BCUT2D eigenvalue weighted by Crippen LogP contribution is 2.23. The van der Waals surface area contributed by atoms with E-state index in [-0.39, 0.29) is 18.5 Å². The van der Waals surface area contributed by atoms with Crippen LogP contribution in [0.4, 0.5) is 0 Å². The van der Waals surface area contributed by atoms with Gasteiger partial charge in [-0.25, -0.2) is 0 Å². The zero-order chi connectivity index (χ0) is 17.2. The molecule has 1 atom stereocenters. The molecule has 1 amide bonds. The van der Waals surface area contributed by atoms with Gasteiger partial charge in [0.05, 0.1) is 11.4 Å². The van der Waals surface area contributed by atoms with Crippen LogP contribution in [0.1, 0.15) is 41.8 Å². The summed E-state index contributed by atoms with van der Waals surface area (Å²) >= 11 is 1.72. The van der Waals surface area contributed by atoms with Gasteiger partial charge in [0.15, 0.2) is 6.54 Å². The molecule has 1 aromatic carbocycles. The summed E-state index contributed by atoms with van der Waals surface area (Å²) in [7, 11) is 0. The van der Waals surface area contributed by atoms with E-state index in [1.807, 2.05) is 0 Å². The molecule has 0 saturated carbocycles. The van der Waals surface area contributed by atoms with Crippen molar-refractivity contribution in [3.63, 3.8) is 0 Å². The number of thiophene rings is 1. The average molecular weight is 342 g/mol. The molecule has 3 nitrogen and oxygen atoms in total. The fourth-order valence-corrected chi connectivity index (χ4v) is 3.45. The van der Waals surface area contributed by atoms with Crippen LogP contribution >= 0.6 is 11.3 Å². The van der Waals surface area contributed by atoms with E-state index in [2.05, 4.69) is 65.3 Å². The summed E-state index contributed by atoms with van der Waals surface area (Å²) in [4.78, 5) is 13.1. The highest BCUT2D eigenvalue weighted by atomic mass is 32.1. The molecular formula is C20H25N2OS+. The van der Waals surface area contributed by atoms with Crippen LogP contribution in [-0.4, -0.2) is 19.0 Å². The quantitative estimate of drug-likeness (QED) is 0.676. The first-order valence-corrected chi connectivity index (χ1v) is 9.28. The number of nitrogens with two attached hydrogens (primary N) is 1. The number of benzene rings is 1. The minimum Gasteiger partial charge on any atom is -0.340 e. The third-order valence-corrected chi connectivity index (χ3v) is 4.89. The van der Waals surface area contributed by atoms with E-state index in [1.165, 1.54) is 28.8 Å². The van der Waals surface area contributed by atoms with Crippen molar-refractivity contribution >= 4 is 17.2 Å². The Morgan fingerprint density at radius 1 is 1.33 bits per heavy atom. The smallest absolute Gasteiger partial charge is 0.275 e. The normalized spacial score (nSPS) is 11.7. The third kappa shape index (κ3) is 5.52. The molecular weight excluding hydrogens is 316 g/mol. The van der Waals surface area contributed by atoms with E-state index in [0.717, 1.165) is 6.42 Å². The predicted octanol–water partition coefficient (Wildman–Crippen LogP) is 2.49. The molecule has 24 heavy (non-hydrogen) atoms. The maximum atomic E-state index is 11.8. The van der Waals surface area contributed by atoms with Crippen LogP contribution < -0.4 is 10.6 Å². The summed E-state index contributed by atoms with van der Waals surface area (Å²) in [6, 6.07) is 13.1. The van der Waals surface area contributed by atoms with Crippen LogP contribution in [-0.2, 0) is 11.2 Å². The van der Waals surface area contributed by atoms with Crippen LogP contribution in [0.5, 0.6) is 0 Å². The van der Waals surface area contributed by atoms with Gasteiger partial charge >= 0.3 is 0 Å². The van der Waals surface area contributed by atoms with Crippen molar-refractivity contribution in [1.29, 1.82) is 0 Å². The van der Waals surface area contributed by atoms with Gasteiger partial charge in [0.2, 0.25) is 0 Å². The van der Waals surface area contributed by atoms with E-state index in [0.29, 0.717) is 6.54 Å². The Kier molecular flexibility index (Phi) is 7.54. The van der Waals surface area contributed by atoms with Crippen LogP contribution in [0, 0.1) is 12.3 Å². The lowest BCUT2D eigenvalue weighted by Crippen LogP contribution is -2.87. The van der Waals surface area contributed by atoms with E-state index < -0.39 is 0 Å². The highest BCUT2D eigenvalue weighted by Gasteiger charge is 2.19. The largest absolute Gasteiger partial charge is 0.340 e. The fraction of sp³-hybridized carbons (Fsp3) is 0.350.